The number of rotatable bonds is 1. The van der Waals surface area contributed by atoms with Crippen molar-refractivity contribution in [2.75, 3.05) is 5.73 Å². The maximum atomic E-state index is 6.16. The molecule has 0 fully saturated rings. The van der Waals surface area contributed by atoms with Gasteiger partial charge in [0.1, 0.15) is 0 Å². The topological polar surface area (TPSA) is 26.0 Å². The molecule has 0 aliphatic carbocycles. The summed E-state index contributed by atoms with van der Waals surface area (Å²) in [4.78, 5) is 2.51. The Balaban J connectivity index is 2.62. The van der Waals surface area contributed by atoms with Crippen LogP contribution in [0.1, 0.15) is 10.4 Å². The minimum Gasteiger partial charge on any atom is -0.399 e. The van der Waals surface area contributed by atoms with Crippen LogP contribution in [-0.4, -0.2) is 0 Å². The first-order chi connectivity index (χ1) is 7.08. The van der Waals surface area contributed by atoms with Crippen molar-refractivity contribution in [3.63, 3.8) is 0 Å². The van der Waals surface area contributed by atoms with Gasteiger partial charge in [0.05, 0.1) is 0 Å². The summed E-state index contributed by atoms with van der Waals surface area (Å²) in [5.74, 6) is 0. The van der Waals surface area contributed by atoms with E-state index >= 15 is 0 Å². The second-order valence-corrected chi connectivity index (χ2v) is 5.27. The van der Waals surface area contributed by atoms with E-state index in [-0.39, 0.29) is 0 Å². The molecule has 78 valence electrons. The number of hydrogen-bond acceptors (Lipinski definition) is 2. The van der Waals surface area contributed by atoms with Crippen LogP contribution in [0.25, 0.3) is 10.4 Å². The van der Waals surface area contributed by atoms with Gasteiger partial charge in [-0.05, 0) is 43.7 Å². The van der Waals surface area contributed by atoms with Crippen molar-refractivity contribution in [2.24, 2.45) is 0 Å². The monoisotopic (exact) mass is 237 g/mol. The quantitative estimate of drug-likeness (QED) is 0.737. The van der Waals surface area contributed by atoms with Crippen LogP contribution in [0.3, 0.4) is 0 Å². The average Bonchev–Trinajstić information content (AvgIpc) is 2.50. The lowest BCUT2D eigenvalue weighted by Gasteiger charge is -2.04. The van der Waals surface area contributed by atoms with E-state index in [0.717, 1.165) is 16.3 Å². The van der Waals surface area contributed by atoms with Gasteiger partial charge in [-0.25, -0.2) is 0 Å². The van der Waals surface area contributed by atoms with E-state index in [1.54, 1.807) is 11.3 Å². The molecule has 2 rings (SSSR count). The summed E-state index contributed by atoms with van der Waals surface area (Å²) >= 11 is 7.91. The number of hydrogen-bond donors (Lipinski definition) is 1. The van der Waals surface area contributed by atoms with Crippen molar-refractivity contribution in [1.82, 2.24) is 0 Å². The Bertz CT molecular complexity index is 502. The highest BCUT2D eigenvalue weighted by molar-refractivity contribution is 7.15. The fraction of sp³-hybridized carbons (Fsp3) is 0.167. The first-order valence-electron chi connectivity index (χ1n) is 4.70. The summed E-state index contributed by atoms with van der Waals surface area (Å²) in [6.45, 7) is 4.19. The lowest BCUT2D eigenvalue weighted by molar-refractivity contribution is 1.50. The van der Waals surface area contributed by atoms with Crippen LogP contribution in [0.2, 0.25) is 5.02 Å². The Hall–Kier alpha value is -0.990. The van der Waals surface area contributed by atoms with Gasteiger partial charge >= 0.3 is 0 Å². The lowest BCUT2D eigenvalue weighted by atomic mass is 10.1. The molecule has 3 heteroatoms. The molecule has 0 unspecified atom stereocenters. The smallest absolute Gasteiger partial charge is 0.0494 e. The molecule has 0 saturated carbocycles. The third-order valence-corrected chi connectivity index (χ3v) is 3.79. The number of nitrogen functional groups attached to an aromatic ring is 1. The van der Waals surface area contributed by atoms with Crippen molar-refractivity contribution in [3.8, 4) is 10.4 Å². The van der Waals surface area contributed by atoms with Gasteiger partial charge in [0, 0.05) is 26.0 Å². The number of benzene rings is 1. The third kappa shape index (κ3) is 2.01. The number of aryl methyl sites for hydroxylation is 2. The molecule has 1 heterocycles. The van der Waals surface area contributed by atoms with E-state index in [9.17, 15) is 0 Å². The zero-order valence-corrected chi connectivity index (χ0v) is 10.2. The molecule has 0 aliphatic heterocycles. The normalized spacial score (nSPS) is 10.6. The van der Waals surface area contributed by atoms with Crippen LogP contribution < -0.4 is 5.73 Å². The Kier molecular flexibility index (Phi) is 2.72. The van der Waals surface area contributed by atoms with Crippen molar-refractivity contribution in [1.29, 1.82) is 0 Å². The van der Waals surface area contributed by atoms with E-state index in [2.05, 4.69) is 19.9 Å². The molecule has 2 N–H and O–H groups in total. The fourth-order valence-electron chi connectivity index (χ4n) is 1.63. The fourth-order valence-corrected chi connectivity index (χ4v) is 2.95. The number of halogens is 1. The van der Waals surface area contributed by atoms with Gasteiger partial charge in [0.25, 0.3) is 0 Å². The van der Waals surface area contributed by atoms with E-state index < -0.39 is 0 Å². The van der Waals surface area contributed by atoms with E-state index in [1.807, 2.05) is 18.2 Å². The van der Waals surface area contributed by atoms with Crippen LogP contribution in [0.15, 0.2) is 24.3 Å². The largest absolute Gasteiger partial charge is 0.399 e. The average molecular weight is 238 g/mol. The van der Waals surface area contributed by atoms with Crippen LogP contribution in [-0.2, 0) is 0 Å². The summed E-state index contributed by atoms with van der Waals surface area (Å²) in [6, 6.07) is 7.77. The molecule has 0 aliphatic rings. The van der Waals surface area contributed by atoms with Gasteiger partial charge in [-0.2, -0.15) is 0 Å². The highest BCUT2D eigenvalue weighted by atomic mass is 35.5. The highest BCUT2D eigenvalue weighted by Gasteiger charge is 2.09. The molecule has 0 spiro atoms. The maximum absolute atomic E-state index is 6.16. The van der Waals surface area contributed by atoms with E-state index in [4.69, 9.17) is 17.3 Å². The standard InChI is InChI=1S/C12H12ClNS/c1-7-5-8(2)15-12(7)10-6-9(14)3-4-11(10)13/h3-6H,14H2,1-2H3. The minimum absolute atomic E-state index is 0.750. The molecule has 0 amide bonds. The van der Waals surface area contributed by atoms with Gasteiger partial charge in [0.2, 0.25) is 0 Å². The van der Waals surface area contributed by atoms with E-state index in [1.165, 1.54) is 15.3 Å². The van der Waals surface area contributed by atoms with Crippen LogP contribution in [0.5, 0.6) is 0 Å². The Labute approximate surface area is 98.5 Å². The molecular formula is C12H12ClNS. The summed E-state index contributed by atoms with van der Waals surface area (Å²) in [5, 5.41) is 0.758. The Morgan fingerprint density at radius 1 is 1.20 bits per heavy atom. The number of thiophene rings is 1. The summed E-state index contributed by atoms with van der Waals surface area (Å²) in [6.07, 6.45) is 0. The van der Waals surface area contributed by atoms with Crippen molar-refractivity contribution in [2.45, 2.75) is 13.8 Å². The van der Waals surface area contributed by atoms with Gasteiger partial charge in [-0.1, -0.05) is 11.6 Å². The molecule has 0 atom stereocenters. The number of anilines is 1. The molecule has 0 saturated heterocycles. The first-order valence-corrected chi connectivity index (χ1v) is 5.90. The second kappa shape index (κ2) is 3.87. The molecule has 1 aromatic heterocycles. The van der Waals surface area contributed by atoms with Gasteiger partial charge in [-0.15, -0.1) is 11.3 Å². The Morgan fingerprint density at radius 3 is 2.53 bits per heavy atom. The third-order valence-electron chi connectivity index (χ3n) is 2.28. The van der Waals surface area contributed by atoms with Crippen LogP contribution >= 0.6 is 22.9 Å². The number of nitrogens with two attached hydrogens (primary N) is 1. The summed E-state index contributed by atoms with van der Waals surface area (Å²) in [5.41, 5.74) is 8.81. The van der Waals surface area contributed by atoms with Crippen LogP contribution in [0.4, 0.5) is 5.69 Å². The van der Waals surface area contributed by atoms with Gasteiger partial charge in [-0.3, -0.25) is 0 Å². The molecule has 2 aromatic rings. The SMILES string of the molecule is Cc1cc(C)c(-c2cc(N)ccc2Cl)s1. The molecule has 15 heavy (non-hydrogen) atoms. The molecule has 1 aromatic carbocycles. The lowest BCUT2D eigenvalue weighted by Crippen LogP contribution is -1.86. The predicted octanol–water partition coefficient (Wildman–Crippen LogP) is 4.27. The molecule has 0 bridgehead atoms. The maximum Gasteiger partial charge on any atom is 0.0494 e. The summed E-state index contributed by atoms with van der Waals surface area (Å²) < 4.78 is 0. The zero-order chi connectivity index (χ0) is 11.0. The van der Waals surface area contributed by atoms with E-state index in [0.29, 0.717) is 0 Å². The van der Waals surface area contributed by atoms with Crippen molar-refractivity contribution >= 4 is 28.6 Å². The zero-order valence-electron chi connectivity index (χ0n) is 8.67. The second-order valence-electron chi connectivity index (χ2n) is 3.61. The van der Waals surface area contributed by atoms with Gasteiger partial charge < -0.3 is 5.73 Å². The first kappa shape index (κ1) is 10.5. The Morgan fingerprint density at radius 2 is 1.93 bits per heavy atom. The van der Waals surface area contributed by atoms with Gasteiger partial charge in [0.15, 0.2) is 0 Å². The molecule has 1 nitrogen and oxygen atoms in total. The van der Waals surface area contributed by atoms with Crippen molar-refractivity contribution < 1.29 is 0 Å². The highest BCUT2D eigenvalue weighted by Crippen LogP contribution is 2.37. The molecular weight excluding hydrogens is 226 g/mol. The van der Waals surface area contributed by atoms with Crippen molar-refractivity contribution in [3.05, 3.63) is 39.7 Å². The predicted molar refractivity (Wildman–Crippen MR) is 68.7 cm³/mol. The molecule has 0 radical (unpaired) electrons. The van der Waals surface area contributed by atoms with Crippen LogP contribution in [0, 0.1) is 13.8 Å². The summed E-state index contributed by atoms with van der Waals surface area (Å²) in [7, 11) is 0. The minimum atomic E-state index is 0.750.